The van der Waals surface area contributed by atoms with Crippen LogP contribution in [0.2, 0.25) is 0 Å². The van der Waals surface area contributed by atoms with E-state index in [4.69, 9.17) is 10.5 Å². The molecule has 0 aromatic heterocycles. The minimum absolute atomic E-state index is 0.0192. The first kappa shape index (κ1) is 17.3. The van der Waals surface area contributed by atoms with Gasteiger partial charge in [0, 0.05) is 37.4 Å². The van der Waals surface area contributed by atoms with Crippen LogP contribution >= 0.6 is 0 Å². The van der Waals surface area contributed by atoms with E-state index in [9.17, 15) is 9.59 Å². The lowest BCUT2D eigenvalue weighted by Gasteiger charge is -2.34. The molecular weight excluding hydrogens is 294 g/mol. The fraction of sp³-hybridized carbons (Fsp3) is 0.529. The Hall–Kier alpha value is -2.08. The topological polar surface area (TPSA) is 75.9 Å². The van der Waals surface area contributed by atoms with Crippen LogP contribution in [0.15, 0.2) is 24.3 Å². The normalized spacial score (nSPS) is 16.2. The summed E-state index contributed by atoms with van der Waals surface area (Å²) in [5, 5.41) is 0. The molecule has 0 unspecified atom stereocenters. The lowest BCUT2D eigenvalue weighted by atomic mass is 10.1. The number of amides is 1. The number of nitrogens with zero attached hydrogens (tertiary/aromatic N) is 2. The monoisotopic (exact) mass is 319 g/mol. The molecule has 1 fully saturated rings. The molecule has 6 nitrogen and oxygen atoms in total. The summed E-state index contributed by atoms with van der Waals surface area (Å²) in [7, 11) is 0. The van der Waals surface area contributed by atoms with Gasteiger partial charge in [0.05, 0.1) is 6.54 Å². The van der Waals surface area contributed by atoms with Gasteiger partial charge in [-0.05, 0) is 39.0 Å². The number of rotatable bonds is 3. The van der Waals surface area contributed by atoms with Crippen molar-refractivity contribution in [3.05, 3.63) is 29.8 Å². The Kier molecular flexibility index (Phi) is 5.26. The SMILES string of the molecule is CC(C)(C)OC(=O)CN1CCN(C(=O)c2cccc(N)c2)CC1. The van der Waals surface area contributed by atoms with E-state index in [0.717, 1.165) is 0 Å². The van der Waals surface area contributed by atoms with Gasteiger partial charge < -0.3 is 15.4 Å². The zero-order chi connectivity index (χ0) is 17.0. The summed E-state index contributed by atoms with van der Waals surface area (Å²) in [6.07, 6.45) is 0. The first-order valence-corrected chi connectivity index (χ1v) is 7.83. The summed E-state index contributed by atoms with van der Waals surface area (Å²) in [6, 6.07) is 7.00. The average molecular weight is 319 g/mol. The Morgan fingerprint density at radius 3 is 2.39 bits per heavy atom. The van der Waals surface area contributed by atoms with Crippen molar-refractivity contribution in [1.82, 2.24) is 9.80 Å². The Balaban J connectivity index is 1.84. The molecule has 0 bridgehead atoms. The molecule has 1 aliphatic heterocycles. The number of carbonyl (C=O) groups excluding carboxylic acids is 2. The molecule has 1 aromatic rings. The predicted octanol–water partition coefficient (Wildman–Crippen LogP) is 1.37. The van der Waals surface area contributed by atoms with Crippen molar-refractivity contribution < 1.29 is 14.3 Å². The molecule has 2 rings (SSSR count). The molecule has 1 amide bonds. The van der Waals surface area contributed by atoms with Crippen LogP contribution in [0.3, 0.4) is 0 Å². The summed E-state index contributed by atoms with van der Waals surface area (Å²) in [5.41, 5.74) is 6.44. The Bertz CT molecular complexity index is 573. The van der Waals surface area contributed by atoms with Crippen LogP contribution < -0.4 is 5.73 Å². The summed E-state index contributed by atoms with van der Waals surface area (Å²) in [6.45, 7) is 8.33. The van der Waals surface area contributed by atoms with Gasteiger partial charge in [-0.2, -0.15) is 0 Å². The van der Waals surface area contributed by atoms with Crippen LogP contribution in [-0.2, 0) is 9.53 Å². The van der Waals surface area contributed by atoms with Crippen LogP contribution in [-0.4, -0.2) is 60.0 Å². The molecule has 0 aliphatic carbocycles. The zero-order valence-corrected chi connectivity index (χ0v) is 14.0. The van der Waals surface area contributed by atoms with Gasteiger partial charge in [0.2, 0.25) is 0 Å². The van der Waals surface area contributed by atoms with E-state index in [1.165, 1.54) is 0 Å². The number of hydrogen-bond acceptors (Lipinski definition) is 5. The second-order valence-corrected chi connectivity index (χ2v) is 6.78. The Labute approximate surface area is 137 Å². The highest BCUT2D eigenvalue weighted by Crippen LogP contribution is 2.13. The lowest BCUT2D eigenvalue weighted by molar-refractivity contribution is -0.156. The molecule has 23 heavy (non-hydrogen) atoms. The minimum atomic E-state index is -0.470. The van der Waals surface area contributed by atoms with Crippen molar-refractivity contribution in [2.24, 2.45) is 0 Å². The molecule has 2 N–H and O–H groups in total. The molecule has 1 heterocycles. The van der Waals surface area contributed by atoms with E-state index in [-0.39, 0.29) is 18.4 Å². The van der Waals surface area contributed by atoms with Gasteiger partial charge in [0.1, 0.15) is 5.60 Å². The van der Waals surface area contributed by atoms with Crippen molar-refractivity contribution in [1.29, 1.82) is 0 Å². The highest BCUT2D eigenvalue weighted by molar-refractivity contribution is 5.95. The highest BCUT2D eigenvalue weighted by atomic mass is 16.6. The number of carbonyl (C=O) groups is 2. The van der Waals surface area contributed by atoms with Crippen molar-refractivity contribution in [2.75, 3.05) is 38.5 Å². The molecule has 1 saturated heterocycles. The number of ether oxygens (including phenoxy) is 1. The smallest absolute Gasteiger partial charge is 0.320 e. The first-order chi connectivity index (χ1) is 10.7. The van der Waals surface area contributed by atoms with Gasteiger partial charge in [-0.3, -0.25) is 14.5 Å². The van der Waals surface area contributed by atoms with E-state index in [1.54, 1.807) is 29.2 Å². The van der Waals surface area contributed by atoms with Gasteiger partial charge in [-0.15, -0.1) is 0 Å². The molecular formula is C17H25N3O3. The van der Waals surface area contributed by atoms with Crippen LogP contribution in [0.1, 0.15) is 31.1 Å². The van der Waals surface area contributed by atoms with Gasteiger partial charge in [-0.25, -0.2) is 0 Å². The quantitative estimate of drug-likeness (QED) is 0.673. The highest BCUT2D eigenvalue weighted by Gasteiger charge is 2.25. The summed E-state index contributed by atoms with van der Waals surface area (Å²) in [4.78, 5) is 28.1. The number of piperazine rings is 1. The molecule has 0 atom stereocenters. The van der Waals surface area contributed by atoms with Crippen molar-refractivity contribution in [2.45, 2.75) is 26.4 Å². The summed E-state index contributed by atoms with van der Waals surface area (Å²) >= 11 is 0. The van der Waals surface area contributed by atoms with E-state index < -0.39 is 5.60 Å². The number of benzene rings is 1. The maximum atomic E-state index is 12.4. The molecule has 1 aromatic carbocycles. The molecule has 126 valence electrons. The molecule has 0 spiro atoms. The number of esters is 1. The molecule has 0 saturated carbocycles. The summed E-state index contributed by atoms with van der Waals surface area (Å²) < 4.78 is 5.32. The van der Waals surface area contributed by atoms with Crippen molar-refractivity contribution in [3.8, 4) is 0 Å². The number of anilines is 1. The number of nitrogen functional groups attached to an aromatic ring is 1. The van der Waals surface area contributed by atoms with Crippen molar-refractivity contribution >= 4 is 17.6 Å². The van der Waals surface area contributed by atoms with Crippen molar-refractivity contribution in [3.63, 3.8) is 0 Å². The third kappa shape index (κ3) is 5.25. The second kappa shape index (κ2) is 7.00. The fourth-order valence-electron chi connectivity index (χ4n) is 2.52. The second-order valence-electron chi connectivity index (χ2n) is 6.78. The van der Waals surface area contributed by atoms with E-state index in [0.29, 0.717) is 37.4 Å². The number of nitrogens with two attached hydrogens (primary N) is 1. The Morgan fingerprint density at radius 2 is 1.83 bits per heavy atom. The molecule has 1 aliphatic rings. The van der Waals surface area contributed by atoms with E-state index in [1.807, 2.05) is 25.7 Å². The van der Waals surface area contributed by atoms with Crippen LogP contribution in [0.5, 0.6) is 0 Å². The van der Waals surface area contributed by atoms with Gasteiger partial charge in [-0.1, -0.05) is 6.07 Å². The maximum Gasteiger partial charge on any atom is 0.320 e. The molecule has 6 heteroatoms. The van der Waals surface area contributed by atoms with Crippen LogP contribution in [0, 0.1) is 0 Å². The first-order valence-electron chi connectivity index (χ1n) is 7.83. The fourth-order valence-corrected chi connectivity index (χ4v) is 2.52. The van der Waals surface area contributed by atoms with E-state index >= 15 is 0 Å². The maximum absolute atomic E-state index is 12.4. The van der Waals surface area contributed by atoms with Crippen LogP contribution in [0.4, 0.5) is 5.69 Å². The van der Waals surface area contributed by atoms with Crippen LogP contribution in [0.25, 0.3) is 0 Å². The minimum Gasteiger partial charge on any atom is -0.459 e. The zero-order valence-electron chi connectivity index (χ0n) is 14.0. The lowest BCUT2D eigenvalue weighted by Crippen LogP contribution is -2.50. The van der Waals surface area contributed by atoms with Gasteiger partial charge in [0.15, 0.2) is 0 Å². The number of hydrogen-bond donors (Lipinski definition) is 1. The third-order valence-electron chi connectivity index (χ3n) is 3.57. The third-order valence-corrected chi connectivity index (χ3v) is 3.57. The van der Waals surface area contributed by atoms with E-state index in [2.05, 4.69) is 0 Å². The van der Waals surface area contributed by atoms with Gasteiger partial charge in [0.25, 0.3) is 5.91 Å². The standard InChI is InChI=1S/C17H25N3O3/c1-17(2,3)23-15(21)12-19-7-9-20(10-8-19)16(22)13-5-4-6-14(18)11-13/h4-6,11H,7-10,12,18H2,1-3H3. The average Bonchev–Trinajstić information content (AvgIpc) is 2.45. The van der Waals surface area contributed by atoms with Gasteiger partial charge >= 0.3 is 5.97 Å². The largest absolute Gasteiger partial charge is 0.459 e. The predicted molar refractivity (Wildman–Crippen MR) is 89.0 cm³/mol. The Morgan fingerprint density at radius 1 is 1.17 bits per heavy atom. The summed E-state index contributed by atoms with van der Waals surface area (Å²) in [5.74, 6) is -0.248. The molecule has 0 radical (unpaired) electrons.